The summed E-state index contributed by atoms with van der Waals surface area (Å²) >= 11 is 0. The van der Waals surface area contributed by atoms with Gasteiger partial charge in [0.05, 0.1) is 11.8 Å². The van der Waals surface area contributed by atoms with Crippen molar-refractivity contribution in [2.24, 2.45) is 10.9 Å². The molecule has 0 heterocycles. The quantitative estimate of drug-likeness (QED) is 0.423. The molecule has 2 nitrogen and oxygen atoms in total. The second-order valence-electron chi connectivity index (χ2n) is 2.85. The van der Waals surface area contributed by atoms with Gasteiger partial charge >= 0.3 is 6.18 Å². The van der Waals surface area contributed by atoms with E-state index in [-0.39, 0.29) is 5.56 Å². The highest BCUT2D eigenvalue weighted by atomic mass is 19.4. The van der Waals surface area contributed by atoms with Crippen LogP contribution < -0.4 is 5.84 Å². The summed E-state index contributed by atoms with van der Waals surface area (Å²) in [7, 11) is 0. The molecule has 0 aromatic heterocycles. The predicted octanol–water partition coefficient (Wildman–Crippen LogP) is 2.31. The van der Waals surface area contributed by atoms with E-state index in [4.69, 9.17) is 5.84 Å². The first-order valence-corrected chi connectivity index (χ1v) is 3.86. The van der Waals surface area contributed by atoms with E-state index in [0.717, 1.165) is 6.07 Å². The maximum Gasteiger partial charge on any atom is 0.416 e. The summed E-state index contributed by atoms with van der Waals surface area (Å²) in [5.41, 5.74) is -0.132. The van der Waals surface area contributed by atoms with Crippen LogP contribution >= 0.6 is 0 Å². The van der Waals surface area contributed by atoms with Gasteiger partial charge in [0.15, 0.2) is 0 Å². The molecule has 0 saturated carbocycles. The molecule has 0 aliphatic heterocycles. The zero-order valence-electron chi connectivity index (χ0n) is 7.47. The first-order valence-electron chi connectivity index (χ1n) is 3.86. The predicted molar refractivity (Wildman–Crippen MR) is 48.0 cm³/mol. The summed E-state index contributed by atoms with van der Waals surface area (Å²) in [5, 5.41) is 3.17. The Hall–Kier alpha value is -1.52. The highest BCUT2D eigenvalue weighted by Crippen LogP contribution is 2.31. The zero-order valence-corrected chi connectivity index (χ0v) is 7.47. The maximum absolute atomic E-state index is 12.4. The highest BCUT2D eigenvalue weighted by molar-refractivity contribution is 5.79. The molecular formula is C9H9F3N2. The van der Waals surface area contributed by atoms with Crippen LogP contribution in [-0.4, -0.2) is 6.21 Å². The van der Waals surface area contributed by atoms with E-state index in [9.17, 15) is 13.2 Å². The van der Waals surface area contributed by atoms with Crippen molar-refractivity contribution in [3.63, 3.8) is 0 Å². The van der Waals surface area contributed by atoms with Crippen LogP contribution in [0.5, 0.6) is 0 Å². The Morgan fingerprint density at radius 1 is 1.36 bits per heavy atom. The van der Waals surface area contributed by atoms with Crippen LogP contribution in [-0.2, 0) is 6.18 Å². The maximum atomic E-state index is 12.4. The van der Waals surface area contributed by atoms with Crippen LogP contribution in [0.4, 0.5) is 13.2 Å². The number of hydrogen-bond acceptors (Lipinski definition) is 2. The van der Waals surface area contributed by atoms with Crippen molar-refractivity contribution < 1.29 is 13.2 Å². The Morgan fingerprint density at radius 3 is 2.50 bits per heavy atom. The second kappa shape index (κ2) is 3.69. The van der Waals surface area contributed by atoms with Gasteiger partial charge in [0, 0.05) is 0 Å². The molecule has 0 spiro atoms. The van der Waals surface area contributed by atoms with Crippen LogP contribution in [0.3, 0.4) is 0 Å². The molecule has 0 amide bonds. The lowest BCUT2D eigenvalue weighted by Gasteiger charge is -2.10. The van der Waals surface area contributed by atoms with Gasteiger partial charge in [-0.25, -0.2) is 0 Å². The molecule has 0 bridgehead atoms. The Morgan fingerprint density at radius 2 is 2.00 bits per heavy atom. The minimum atomic E-state index is -4.33. The fraction of sp³-hybridized carbons (Fsp3) is 0.222. The first-order chi connectivity index (χ1) is 6.45. The molecule has 0 saturated heterocycles. The third kappa shape index (κ3) is 2.25. The average Bonchev–Trinajstić information content (AvgIpc) is 2.07. The van der Waals surface area contributed by atoms with Crippen LogP contribution in [0, 0.1) is 6.92 Å². The van der Waals surface area contributed by atoms with Crippen LogP contribution in [0.25, 0.3) is 0 Å². The summed E-state index contributed by atoms with van der Waals surface area (Å²) in [5.74, 6) is 4.85. The van der Waals surface area contributed by atoms with Crippen molar-refractivity contribution in [1.29, 1.82) is 0 Å². The smallest absolute Gasteiger partial charge is 0.323 e. The minimum Gasteiger partial charge on any atom is -0.323 e. The molecule has 0 atom stereocenters. The van der Waals surface area contributed by atoms with Gasteiger partial charge in [-0.1, -0.05) is 12.1 Å². The Kier molecular flexibility index (Phi) is 2.78. The fourth-order valence-corrected chi connectivity index (χ4v) is 1.11. The normalized spacial score (nSPS) is 12.3. The molecule has 1 rings (SSSR count). The SMILES string of the molecule is Cc1ccc(C=NN)cc1C(F)(F)F. The van der Waals surface area contributed by atoms with E-state index in [0.29, 0.717) is 5.56 Å². The molecule has 0 unspecified atom stereocenters. The van der Waals surface area contributed by atoms with Crippen molar-refractivity contribution in [3.05, 3.63) is 34.9 Å². The number of nitrogens with zero attached hydrogens (tertiary/aromatic N) is 1. The minimum absolute atomic E-state index is 0.187. The molecule has 0 aliphatic rings. The standard InChI is InChI=1S/C9H9F3N2/c1-6-2-3-7(5-14-13)4-8(6)9(10,11)12/h2-5H,13H2,1H3. The van der Waals surface area contributed by atoms with Gasteiger partial charge in [0.25, 0.3) is 0 Å². The van der Waals surface area contributed by atoms with Crippen molar-refractivity contribution in [2.45, 2.75) is 13.1 Å². The van der Waals surface area contributed by atoms with Crippen LogP contribution in [0.1, 0.15) is 16.7 Å². The molecule has 5 heteroatoms. The Balaban J connectivity index is 3.22. The van der Waals surface area contributed by atoms with Gasteiger partial charge in [-0.15, -0.1) is 0 Å². The highest BCUT2D eigenvalue weighted by Gasteiger charge is 2.32. The number of nitrogens with two attached hydrogens (primary N) is 1. The largest absolute Gasteiger partial charge is 0.416 e. The topological polar surface area (TPSA) is 38.4 Å². The van der Waals surface area contributed by atoms with E-state index in [1.54, 1.807) is 0 Å². The number of benzene rings is 1. The molecule has 0 radical (unpaired) electrons. The molecule has 14 heavy (non-hydrogen) atoms. The van der Waals surface area contributed by atoms with Crippen molar-refractivity contribution in [1.82, 2.24) is 0 Å². The fourth-order valence-electron chi connectivity index (χ4n) is 1.11. The summed E-state index contributed by atoms with van der Waals surface area (Å²) < 4.78 is 37.2. The Labute approximate surface area is 79.2 Å². The van der Waals surface area contributed by atoms with Crippen molar-refractivity contribution in [3.8, 4) is 0 Å². The van der Waals surface area contributed by atoms with Gasteiger partial charge in [0.2, 0.25) is 0 Å². The van der Waals surface area contributed by atoms with E-state index in [1.165, 1.54) is 25.3 Å². The third-order valence-corrected chi connectivity index (χ3v) is 1.79. The molecule has 1 aromatic carbocycles. The average molecular weight is 202 g/mol. The number of hydrogen-bond donors (Lipinski definition) is 1. The third-order valence-electron chi connectivity index (χ3n) is 1.79. The molecule has 2 N–H and O–H groups in total. The molecule has 76 valence electrons. The molecule has 1 aromatic rings. The number of rotatable bonds is 1. The second-order valence-corrected chi connectivity index (χ2v) is 2.85. The molecular weight excluding hydrogens is 193 g/mol. The molecule has 0 fully saturated rings. The lowest BCUT2D eigenvalue weighted by Crippen LogP contribution is -2.08. The van der Waals surface area contributed by atoms with Gasteiger partial charge < -0.3 is 5.84 Å². The number of alkyl halides is 3. The summed E-state index contributed by atoms with van der Waals surface area (Å²) in [4.78, 5) is 0. The van der Waals surface area contributed by atoms with Crippen LogP contribution in [0.15, 0.2) is 23.3 Å². The van der Waals surface area contributed by atoms with Gasteiger partial charge in [-0.05, 0) is 24.1 Å². The molecule has 0 aliphatic carbocycles. The number of hydrazone groups is 1. The van der Waals surface area contributed by atoms with E-state index >= 15 is 0 Å². The number of aryl methyl sites for hydroxylation is 1. The van der Waals surface area contributed by atoms with Gasteiger partial charge in [-0.2, -0.15) is 18.3 Å². The summed E-state index contributed by atoms with van der Waals surface area (Å²) in [6.45, 7) is 1.41. The van der Waals surface area contributed by atoms with Crippen LogP contribution in [0.2, 0.25) is 0 Å². The number of halogens is 3. The summed E-state index contributed by atoms with van der Waals surface area (Å²) in [6, 6.07) is 3.94. The lowest BCUT2D eigenvalue weighted by molar-refractivity contribution is -0.138. The van der Waals surface area contributed by atoms with Crippen molar-refractivity contribution in [2.75, 3.05) is 0 Å². The first kappa shape index (κ1) is 10.6. The van der Waals surface area contributed by atoms with Crippen molar-refractivity contribution >= 4 is 6.21 Å². The van der Waals surface area contributed by atoms with E-state index in [2.05, 4.69) is 5.10 Å². The Bertz CT molecular complexity index is 356. The zero-order chi connectivity index (χ0) is 10.8. The monoisotopic (exact) mass is 202 g/mol. The summed E-state index contributed by atoms with van der Waals surface area (Å²) in [6.07, 6.45) is -3.16. The van der Waals surface area contributed by atoms with E-state index < -0.39 is 11.7 Å². The van der Waals surface area contributed by atoms with Gasteiger partial charge in [0.1, 0.15) is 0 Å². The van der Waals surface area contributed by atoms with E-state index in [1.807, 2.05) is 0 Å². The van der Waals surface area contributed by atoms with Gasteiger partial charge in [-0.3, -0.25) is 0 Å². The lowest BCUT2D eigenvalue weighted by atomic mass is 10.1.